The molecule has 1 saturated heterocycles. The molecular formula is C11H23BO. The average molecular weight is 182 g/mol. The minimum Gasteiger partial charge on any atom is -0.436 e. The van der Waals surface area contributed by atoms with Crippen molar-refractivity contribution in [3.63, 3.8) is 0 Å². The number of rotatable bonds is 5. The Balaban J connectivity index is 2.05. The minimum atomic E-state index is 0.575. The van der Waals surface area contributed by atoms with Crippen molar-refractivity contribution in [2.75, 3.05) is 6.61 Å². The highest BCUT2D eigenvalue weighted by Crippen LogP contribution is 2.26. The van der Waals surface area contributed by atoms with Gasteiger partial charge in [-0.1, -0.05) is 46.0 Å². The fraction of sp³-hybridized carbons (Fsp3) is 1.00. The van der Waals surface area contributed by atoms with E-state index in [2.05, 4.69) is 13.8 Å². The monoisotopic (exact) mass is 182 g/mol. The Morgan fingerprint density at radius 1 is 1.31 bits per heavy atom. The van der Waals surface area contributed by atoms with Gasteiger partial charge < -0.3 is 4.65 Å². The fourth-order valence-electron chi connectivity index (χ4n) is 2.13. The van der Waals surface area contributed by atoms with Crippen LogP contribution < -0.4 is 0 Å². The van der Waals surface area contributed by atoms with E-state index < -0.39 is 0 Å². The third-order valence-electron chi connectivity index (χ3n) is 3.11. The number of hydrogen-bond donors (Lipinski definition) is 0. The normalized spacial score (nSPS) is 23.5. The van der Waals surface area contributed by atoms with Crippen LogP contribution in [-0.2, 0) is 4.65 Å². The first kappa shape index (κ1) is 11.1. The van der Waals surface area contributed by atoms with E-state index in [1.165, 1.54) is 44.8 Å². The molecule has 2 heteroatoms. The molecule has 1 aliphatic heterocycles. The van der Waals surface area contributed by atoms with E-state index in [4.69, 9.17) is 4.65 Å². The topological polar surface area (TPSA) is 9.23 Å². The van der Waals surface area contributed by atoms with Crippen LogP contribution in [0.2, 0.25) is 12.1 Å². The van der Waals surface area contributed by atoms with Crippen LogP contribution in [0.3, 0.4) is 0 Å². The highest BCUT2D eigenvalue weighted by Gasteiger charge is 2.25. The van der Waals surface area contributed by atoms with Gasteiger partial charge in [0.05, 0.1) is 0 Å². The molecule has 0 saturated carbocycles. The number of unbranched alkanes of at least 4 members (excludes halogenated alkanes) is 3. The van der Waals surface area contributed by atoms with Crippen molar-refractivity contribution < 1.29 is 4.65 Å². The van der Waals surface area contributed by atoms with Gasteiger partial charge >= 0.3 is 0 Å². The van der Waals surface area contributed by atoms with E-state index in [-0.39, 0.29) is 0 Å². The molecule has 0 aliphatic carbocycles. The van der Waals surface area contributed by atoms with Crippen LogP contribution in [0.5, 0.6) is 0 Å². The first-order chi connectivity index (χ1) is 6.34. The molecular weight excluding hydrogens is 159 g/mol. The van der Waals surface area contributed by atoms with Crippen molar-refractivity contribution in [3.05, 3.63) is 0 Å². The third kappa shape index (κ3) is 4.17. The molecule has 1 rings (SSSR count). The third-order valence-corrected chi connectivity index (χ3v) is 3.11. The minimum absolute atomic E-state index is 0.575. The van der Waals surface area contributed by atoms with Gasteiger partial charge in [-0.15, -0.1) is 0 Å². The molecule has 1 fully saturated rings. The zero-order valence-corrected chi connectivity index (χ0v) is 9.22. The highest BCUT2D eigenvalue weighted by atomic mass is 16.4. The van der Waals surface area contributed by atoms with Crippen molar-refractivity contribution in [1.29, 1.82) is 0 Å². The summed E-state index contributed by atoms with van der Waals surface area (Å²) in [6, 6.07) is 0. The van der Waals surface area contributed by atoms with Gasteiger partial charge in [0.1, 0.15) is 0 Å². The molecule has 13 heavy (non-hydrogen) atoms. The predicted octanol–water partition coefficient (Wildman–Crippen LogP) is 3.76. The fourth-order valence-corrected chi connectivity index (χ4v) is 2.13. The van der Waals surface area contributed by atoms with Crippen molar-refractivity contribution in [2.24, 2.45) is 0 Å². The summed E-state index contributed by atoms with van der Waals surface area (Å²) < 4.78 is 5.77. The van der Waals surface area contributed by atoms with Crippen molar-refractivity contribution >= 4 is 6.92 Å². The highest BCUT2D eigenvalue weighted by molar-refractivity contribution is 6.53. The summed E-state index contributed by atoms with van der Waals surface area (Å²) in [5, 5.41) is 0. The van der Waals surface area contributed by atoms with E-state index in [9.17, 15) is 0 Å². The molecule has 0 aromatic rings. The Bertz CT molecular complexity index is 127. The van der Waals surface area contributed by atoms with Gasteiger partial charge in [0.15, 0.2) is 0 Å². The van der Waals surface area contributed by atoms with Gasteiger partial charge in [-0.05, 0) is 18.6 Å². The van der Waals surface area contributed by atoms with Crippen LogP contribution in [0.25, 0.3) is 0 Å². The average Bonchev–Trinajstić information content (AvgIpc) is 2.15. The molecule has 1 unspecified atom stereocenters. The smallest absolute Gasteiger partial charge is 0.295 e. The largest absolute Gasteiger partial charge is 0.436 e. The lowest BCUT2D eigenvalue weighted by atomic mass is 9.51. The second-order valence-corrected chi connectivity index (χ2v) is 4.38. The Morgan fingerprint density at radius 3 is 2.85 bits per heavy atom. The van der Waals surface area contributed by atoms with Gasteiger partial charge in [0, 0.05) is 6.61 Å². The van der Waals surface area contributed by atoms with Crippen LogP contribution in [0.1, 0.15) is 52.4 Å². The Kier molecular flexibility index (Phi) is 5.53. The first-order valence-electron chi connectivity index (χ1n) is 5.96. The quantitative estimate of drug-likeness (QED) is 0.464. The van der Waals surface area contributed by atoms with Crippen molar-refractivity contribution in [3.8, 4) is 0 Å². The van der Waals surface area contributed by atoms with Crippen molar-refractivity contribution in [2.45, 2.75) is 64.5 Å². The molecule has 0 N–H and O–H groups in total. The number of hydrogen-bond acceptors (Lipinski definition) is 1. The summed E-state index contributed by atoms with van der Waals surface area (Å²) in [7, 11) is 0. The summed E-state index contributed by atoms with van der Waals surface area (Å²) in [6.07, 6.45) is 9.42. The van der Waals surface area contributed by atoms with Crippen LogP contribution in [-0.4, -0.2) is 13.5 Å². The lowest BCUT2D eigenvalue weighted by Crippen LogP contribution is -2.28. The zero-order chi connectivity index (χ0) is 9.52. The standard InChI is InChI=1S/C11H23BO/c1-3-4-5-6-9-12-11(2)8-7-10-13-12/h11H,3-10H2,1-2H3. The SMILES string of the molecule is CCCCCCB1OCCCC1C. The molecule has 76 valence electrons. The maximum absolute atomic E-state index is 5.77. The van der Waals surface area contributed by atoms with E-state index in [0.29, 0.717) is 6.92 Å². The second-order valence-electron chi connectivity index (χ2n) is 4.38. The Morgan fingerprint density at radius 2 is 2.15 bits per heavy atom. The maximum atomic E-state index is 5.77. The molecule has 0 radical (unpaired) electrons. The van der Waals surface area contributed by atoms with Crippen LogP contribution >= 0.6 is 0 Å². The van der Waals surface area contributed by atoms with Gasteiger partial charge in [0.25, 0.3) is 6.92 Å². The Labute approximate surface area is 83.4 Å². The Hall–Kier alpha value is 0.0249. The van der Waals surface area contributed by atoms with Crippen LogP contribution in [0.15, 0.2) is 0 Å². The van der Waals surface area contributed by atoms with Gasteiger partial charge in [-0.2, -0.15) is 0 Å². The predicted molar refractivity (Wildman–Crippen MR) is 59.3 cm³/mol. The van der Waals surface area contributed by atoms with Crippen LogP contribution in [0, 0.1) is 0 Å². The van der Waals surface area contributed by atoms with Gasteiger partial charge in [0.2, 0.25) is 0 Å². The van der Waals surface area contributed by atoms with E-state index in [0.717, 1.165) is 12.4 Å². The molecule has 0 spiro atoms. The molecule has 0 amide bonds. The second kappa shape index (κ2) is 6.47. The molecule has 1 nitrogen and oxygen atoms in total. The van der Waals surface area contributed by atoms with Gasteiger partial charge in [-0.25, -0.2) is 0 Å². The molecule has 0 aromatic heterocycles. The summed E-state index contributed by atoms with van der Waals surface area (Å²) >= 11 is 0. The summed E-state index contributed by atoms with van der Waals surface area (Å²) in [5.74, 6) is 0.801. The lowest BCUT2D eigenvalue weighted by molar-refractivity contribution is 0.270. The van der Waals surface area contributed by atoms with Gasteiger partial charge in [-0.3, -0.25) is 0 Å². The maximum Gasteiger partial charge on any atom is 0.295 e. The molecule has 1 aliphatic rings. The molecule has 1 heterocycles. The summed E-state index contributed by atoms with van der Waals surface area (Å²) in [6.45, 7) is 6.18. The molecule has 0 aromatic carbocycles. The van der Waals surface area contributed by atoms with E-state index >= 15 is 0 Å². The summed E-state index contributed by atoms with van der Waals surface area (Å²) in [5.41, 5.74) is 0. The van der Waals surface area contributed by atoms with Crippen LogP contribution in [0.4, 0.5) is 0 Å². The van der Waals surface area contributed by atoms with E-state index in [1.807, 2.05) is 0 Å². The molecule has 0 bridgehead atoms. The first-order valence-corrected chi connectivity index (χ1v) is 5.96. The zero-order valence-electron chi connectivity index (χ0n) is 9.22. The summed E-state index contributed by atoms with van der Waals surface area (Å²) in [4.78, 5) is 0. The van der Waals surface area contributed by atoms with Crippen molar-refractivity contribution in [1.82, 2.24) is 0 Å². The van der Waals surface area contributed by atoms with E-state index in [1.54, 1.807) is 0 Å². The lowest BCUT2D eigenvalue weighted by Gasteiger charge is -2.25. The molecule has 1 atom stereocenters.